The van der Waals surface area contributed by atoms with Crippen LogP contribution in [0.25, 0.3) is 0 Å². The number of esters is 1. The average Bonchev–Trinajstić information content (AvgIpc) is 2.82. The van der Waals surface area contributed by atoms with Gasteiger partial charge in [0.1, 0.15) is 0 Å². The smallest absolute Gasteiger partial charge is 0.360 e. The molecule has 0 unspecified atom stereocenters. The van der Waals surface area contributed by atoms with Crippen LogP contribution >= 0.6 is 23.2 Å². The van der Waals surface area contributed by atoms with Crippen LogP contribution < -0.4 is 0 Å². The fourth-order valence-electron chi connectivity index (χ4n) is 1.50. The highest BCUT2D eigenvalue weighted by molar-refractivity contribution is 6.35. The Kier molecular flexibility index (Phi) is 4.39. The number of hydrogen-bond donors (Lipinski definition) is 0. The molecule has 100 valence electrons. The monoisotopic (exact) mass is 299 g/mol. The van der Waals surface area contributed by atoms with Gasteiger partial charge in [0.05, 0.1) is 19.3 Å². The van der Waals surface area contributed by atoms with Crippen molar-refractivity contribution in [3.63, 3.8) is 0 Å². The Bertz CT molecular complexity index is 598. The van der Waals surface area contributed by atoms with Gasteiger partial charge >= 0.3 is 5.97 Å². The van der Waals surface area contributed by atoms with Crippen LogP contribution in [0.5, 0.6) is 0 Å². The van der Waals surface area contributed by atoms with Gasteiger partial charge in [-0.15, -0.1) is 5.10 Å². The first-order valence-corrected chi connectivity index (χ1v) is 6.37. The predicted molar refractivity (Wildman–Crippen MR) is 71.5 cm³/mol. The minimum Gasteiger partial charge on any atom is -0.461 e. The lowest BCUT2D eigenvalue weighted by Crippen LogP contribution is -2.05. The zero-order valence-corrected chi connectivity index (χ0v) is 11.6. The molecule has 0 aliphatic carbocycles. The van der Waals surface area contributed by atoms with Crippen LogP contribution in [0.15, 0.2) is 24.4 Å². The number of ether oxygens (including phenoxy) is 1. The maximum atomic E-state index is 11.4. The Morgan fingerprint density at radius 2 is 2.21 bits per heavy atom. The molecule has 0 aliphatic heterocycles. The van der Waals surface area contributed by atoms with Crippen molar-refractivity contribution in [2.45, 2.75) is 13.5 Å². The molecule has 0 aliphatic rings. The van der Waals surface area contributed by atoms with E-state index >= 15 is 0 Å². The van der Waals surface area contributed by atoms with Gasteiger partial charge in [0.15, 0.2) is 5.69 Å². The van der Waals surface area contributed by atoms with Crippen molar-refractivity contribution in [1.82, 2.24) is 15.0 Å². The Morgan fingerprint density at radius 3 is 2.89 bits per heavy atom. The van der Waals surface area contributed by atoms with Crippen molar-refractivity contribution >= 4 is 29.2 Å². The van der Waals surface area contributed by atoms with Crippen LogP contribution in [0.2, 0.25) is 10.0 Å². The number of hydrogen-bond acceptors (Lipinski definition) is 4. The van der Waals surface area contributed by atoms with Crippen LogP contribution in [0.4, 0.5) is 0 Å². The number of halogens is 2. The van der Waals surface area contributed by atoms with Crippen LogP contribution in [-0.2, 0) is 11.3 Å². The van der Waals surface area contributed by atoms with Gasteiger partial charge in [-0.05, 0) is 24.6 Å². The van der Waals surface area contributed by atoms with Crippen LogP contribution in [0.1, 0.15) is 23.0 Å². The number of carbonyl (C=O) groups is 1. The van der Waals surface area contributed by atoms with E-state index in [1.54, 1.807) is 25.1 Å². The molecule has 5 nitrogen and oxygen atoms in total. The molecule has 0 amide bonds. The number of carbonyl (C=O) groups excluding carboxylic acids is 1. The Hall–Kier alpha value is -1.59. The van der Waals surface area contributed by atoms with Crippen LogP contribution in [-0.4, -0.2) is 27.6 Å². The third-order valence-electron chi connectivity index (χ3n) is 2.37. The fourth-order valence-corrected chi connectivity index (χ4v) is 1.97. The quantitative estimate of drug-likeness (QED) is 0.815. The molecule has 19 heavy (non-hydrogen) atoms. The summed E-state index contributed by atoms with van der Waals surface area (Å²) < 4.78 is 6.35. The zero-order valence-electron chi connectivity index (χ0n) is 10.1. The van der Waals surface area contributed by atoms with Crippen LogP contribution in [0.3, 0.4) is 0 Å². The van der Waals surface area contributed by atoms with E-state index in [1.807, 2.05) is 0 Å². The summed E-state index contributed by atoms with van der Waals surface area (Å²) in [6.07, 6.45) is 1.52. The summed E-state index contributed by atoms with van der Waals surface area (Å²) in [7, 11) is 0. The molecule has 1 heterocycles. The third-order valence-corrected chi connectivity index (χ3v) is 2.96. The molecule has 2 rings (SSSR count). The highest BCUT2D eigenvalue weighted by Crippen LogP contribution is 2.21. The van der Waals surface area contributed by atoms with E-state index < -0.39 is 5.97 Å². The molecular formula is C12H11Cl2N3O2. The maximum absolute atomic E-state index is 11.4. The SMILES string of the molecule is CCOC(=O)c1cn(Cc2ccc(Cl)cc2Cl)nn1. The van der Waals surface area contributed by atoms with Gasteiger partial charge in [0.25, 0.3) is 0 Å². The molecule has 0 saturated carbocycles. The van der Waals surface area contributed by atoms with E-state index in [-0.39, 0.29) is 5.69 Å². The molecule has 0 radical (unpaired) electrons. The first-order valence-electron chi connectivity index (χ1n) is 5.61. The molecule has 1 aromatic carbocycles. The standard InChI is InChI=1S/C12H11Cl2N3O2/c1-2-19-12(18)11-7-17(16-15-11)6-8-3-4-9(13)5-10(8)14/h3-5,7H,2,6H2,1H3. The number of aromatic nitrogens is 3. The molecule has 0 bridgehead atoms. The Morgan fingerprint density at radius 1 is 1.42 bits per heavy atom. The average molecular weight is 300 g/mol. The van der Waals surface area contributed by atoms with Gasteiger partial charge in [-0.3, -0.25) is 0 Å². The van der Waals surface area contributed by atoms with E-state index in [1.165, 1.54) is 10.9 Å². The van der Waals surface area contributed by atoms with Crippen molar-refractivity contribution in [2.75, 3.05) is 6.61 Å². The van der Waals surface area contributed by atoms with Gasteiger partial charge in [-0.2, -0.15) is 0 Å². The second-order valence-electron chi connectivity index (χ2n) is 3.76. The molecule has 0 spiro atoms. The molecule has 0 N–H and O–H groups in total. The van der Waals surface area contributed by atoms with Gasteiger partial charge in [-0.25, -0.2) is 9.48 Å². The highest BCUT2D eigenvalue weighted by Gasteiger charge is 2.12. The van der Waals surface area contributed by atoms with E-state index in [9.17, 15) is 4.79 Å². The van der Waals surface area contributed by atoms with Gasteiger partial charge < -0.3 is 4.74 Å². The molecule has 0 fully saturated rings. The lowest BCUT2D eigenvalue weighted by atomic mass is 10.2. The molecule has 0 atom stereocenters. The molecule has 2 aromatic rings. The summed E-state index contributed by atoms with van der Waals surface area (Å²) in [6, 6.07) is 5.20. The topological polar surface area (TPSA) is 57.0 Å². The number of benzene rings is 1. The number of nitrogens with zero attached hydrogens (tertiary/aromatic N) is 3. The van der Waals surface area contributed by atoms with Crippen molar-refractivity contribution in [3.05, 3.63) is 45.7 Å². The highest BCUT2D eigenvalue weighted by atomic mass is 35.5. The minimum atomic E-state index is -0.490. The second-order valence-corrected chi connectivity index (χ2v) is 4.60. The zero-order chi connectivity index (χ0) is 13.8. The van der Waals surface area contributed by atoms with E-state index in [0.717, 1.165) is 5.56 Å². The lowest BCUT2D eigenvalue weighted by Gasteiger charge is -2.03. The minimum absolute atomic E-state index is 0.173. The van der Waals surface area contributed by atoms with Crippen molar-refractivity contribution < 1.29 is 9.53 Å². The summed E-state index contributed by atoms with van der Waals surface area (Å²) in [6.45, 7) is 2.44. The fraction of sp³-hybridized carbons (Fsp3) is 0.250. The van der Waals surface area contributed by atoms with Gasteiger partial charge in [0.2, 0.25) is 0 Å². The van der Waals surface area contributed by atoms with E-state index in [0.29, 0.717) is 23.2 Å². The van der Waals surface area contributed by atoms with Gasteiger partial charge in [-0.1, -0.05) is 34.5 Å². The third kappa shape index (κ3) is 3.45. The molecule has 0 saturated heterocycles. The number of rotatable bonds is 4. The Labute approximate surface area is 120 Å². The summed E-state index contributed by atoms with van der Waals surface area (Å²) in [5.41, 5.74) is 1.01. The largest absolute Gasteiger partial charge is 0.461 e. The van der Waals surface area contributed by atoms with Crippen molar-refractivity contribution in [1.29, 1.82) is 0 Å². The molecular weight excluding hydrogens is 289 g/mol. The molecule has 1 aromatic heterocycles. The summed E-state index contributed by atoms with van der Waals surface area (Å²) >= 11 is 11.9. The first kappa shape index (κ1) is 13.8. The van der Waals surface area contributed by atoms with Crippen LogP contribution in [0, 0.1) is 0 Å². The van der Waals surface area contributed by atoms with Crippen molar-refractivity contribution in [2.24, 2.45) is 0 Å². The lowest BCUT2D eigenvalue weighted by molar-refractivity contribution is 0.0519. The summed E-state index contributed by atoms with van der Waals surface area (Å²) in [5, 5.41) is 8.71. The maximum Gasteiger partial charge on any atom is 0.360 e. The Balaban J connectivity index is 2.13. The summed E-state index contributed by atoms with van der Waals surface area (Å²) in [4.78, 5) is 11.4. The second kappa shape index (κ2) is 6.04. The van der Waals surface area contributed by atoms with Gasteiger partial charge in [0, 0.05) is 10.0 Å². The van der Waals surface area contributed by atoms with E-state index in [4.69, 9.17) is 27.9 Å². The summed E-state index contributed by atoms with van der Waals surface area (Å²) in [5.74, 6) is -0.490. The van der Waals surface area contributed by atoms with E-state index in [2.05, 4.69) is 10.3 Å². The predicted octanol–water partition coefficient (Wildman–Crippen LogP) is 2.81. The normalized spacial score (nSPS) is 10.5. The first-order chi connectivity index (χ1) is 9.10. The molecule has 7 heteroatoms. The van der Waals surface area contributed by atoms with Crippen molar-refractivity contribution in [3.8, 4) is 0 Å².